The molecule has 2 rings (SSSR count). The summed E-state index contributed by atoms with van der Waals surface area (Å²) in [6, 6.07) is 7.95. The Morgan fingerprint density at radius 2 is 2.12 bits per heavy atom. The van der Waals surface area contributed by atoms with Gasteiger partial charge in [0.1, 0.15) is 11.6 Å². The minimum Gasteiger partial charge on any atom is -0.497 e. The molecule has 0 aliphatic heterocycles. The Labute approximate surface area is 149 Å². The third-order valence-electron chi connectivity index (χ3n) is 3.99. The van der Waals surface area contributed by atoms with Gasteiger partial charge in [0, 0.05) is 38.5 Å². The molecule has 6 nitrogen and oxygen atoms in total. The Hall–Kier alpha value is -2.34. The van der Waals surface area contributed by atoms with Gasteiger partial charge in [-0.2, -0.15) is 0 Å². The molecular weight excluding hydrogens is 318 g/mol. The van der Waals surface area contributed by atoms with Crippen LogP contribution in [-0.4, -0.2) is 47.7 Å². The van der Waals surface area contributed by atoms with Crippen LogP contribution in [0.4, 0.5) is 0 Å². The molecule has 0 fully saturated rings. The molecule has 0 atom stereocenters. The van der Waals surface area contributed by atoms with Gasteiger partial charge in [-0.15, -0.1) is 0 Å². The summed E-state index contributed by atoms with van der Waals surface area (Å²) >= 11 is 0. The summed E-state index contributed by atoms with van der Waals surface area (Å²) in [4.78, 5) is 18.7. The van der Waals surface area contributed by atoms with E-state index in [1.807, 2.05) is 44.3 Å². The molecule has 1 amide bonds. The van der Waals surface area contributed by atoms with Gasteiger partial charge in [-0.3, -0.25) is 4.79 Å². The standard InChI is InChI=1S/C19H27N3O3/c1-15(2)19(23)22(10-11-24-3)14-18-20-8-9-21(18)13-16-6-5-7-17(12-16)25-4/h5-9,12,15H,10-11,13-14H2,1-4H3. The highest BCUT2D eigenvalue weighted by Gasteiger charge is 2.19. The average molecular weight is 345 g/mol. The number of hydrogen-bond acceptors (Lipinski definition) is 4. The smallest absolute Gasteiger partial charge is 0.225 e. The summed E-state index contributed by atoms with van der Waals surface area (Å²) in [6.45, 7) is 6.03. The van der Waals surface area contributed by atoms with Gasteiger partial charge in [-0.1, -0.05) is 26.0 Å². The maximum absolute atomic E-state index is 12.4. The van der Waals surface area contributed by atoms with E-state index < -0.39 is 0 Å². The Morgan fingerprint density at radius 3 is 2.80 bits per heavy atom. The molecule has 0 radical (unpaired) electrons. The SMILES string of the molecule is COCCN(Cc1nccn1Cc1cccc(OC)c1)C(=O)C(C)C. The van der Waals surface area contributed by atoms with Gasteiger partial charge in [-0.05, 0) is 17.7 Å². The number of rotatable bonds is 9. The fourth-order valence-corrected chi connectivity index (χ4v) is 2.61. The number of benzene rings is 1. The lowest BCUT2D eigenvalue weighted by atomic mass is 10.2. The molecule has 136 valence electrons. The largest absolute Gasteiger partial charge is 0.497 e. The second-order valence-electron chi connectivity index (χ2n) is 6.23. The molecule has 1 aromatic carbocycles. The van der Waals surface area contributed by atoms with Crippen LogP contribution in [0.2, 0.25) is 0 Å². The summed E-state index contributed by atoms with van der Waals surface area (Å²) in [6.07, 6.45) is 3.70. The topological polar surface area (TPSA) is 56.6 Å². The number of amides is 1. The molecular formula is C19H27N3O3. The van der Waals surface area contributed by atoms with Gasteiger partial charge >= 0.3 is 0 Å². The van der Waals surface area contributed by atoms with E-state index in [2.05, 4.69) is 9.55 Å². The van der Waals surface area contributed by atoms with Crippen molar-refractivity contribution in [2.24, 2.45) is 5.92 Å². The molecule has 0 aliphatic rings. The monoisotopic (exact) mass is 345 g/mol. The van der Waals surface area contributed by atoms with Crippen LogP contribution in [0.5, 0.6) is 5.75 Å². The average Bonchev–Trinajstić information content (AvgIpc) is 3.04. The van der Waals surface area contributed by atoms with Crippen LogP contribution in [0.1, 0.15) is 25.2 Å². The first-order chi connectivity index (χ1) is 12.0. The molecule has 0 spiro atoms. The second kappa shape index (κ2) is 9.22. The van der Waals surface area contributed by atoms with Crippen LogP contribution >= 0.6 is 0 Å². The van der Waals surface area contributed by atoms with Crippen molar-refractivity contribution in [1.29, 1.82) is 0 Å². The van der Waals surface area contributed by atoms with E-state index in [0.29, 0.717) is 26.2 Å². The lowest BCUT2D eigenvalue weighted by molar-refractivity contribution is -0.135. The number of imidazole rings is 1. The maximum atomic E-state index is 12.4. The van der Waals surface area contributed by atoms with E-state index in [-0.39, 0.29) is 11.8 Å². The van der Waals surface area contributed by atoms with Crippen LogP contribution in [0.25, 0.3) is 0 Å². The number of nitrogens with zero attached hydrogens (tertiary/aromatic N) is 3. The van der Waals surface area contributed by atoms with Crippen LogP contribution in [0, 0.1) is 5.92 Å². The fraction of sp³-hybridized carbons (Fsp3) is 0.474. The summed E-state index contributed by atoms with van der Waals surface area (Å²) in [7, 11) is 3.30. The number of ether oxygens (including phenoxy) is 2. The highest BCUT2D eigenvalue weighted by atomic mass is 16.5. The maximum Gasteiger partial charge on any atom is 0.225 e. The zero-order chi connectivity index (χ0) is 18.2. The Balaban J connectivity index is 2.14. The first-order valence-electron chi connectivity index (χ1n) is 8.45. The van der Waals surface area contributed by atoms with Crippen molar-refractivity contribution in [2.75, 3.05) is 27.4 Å². The summed E-state index contributed by atoms with van der Waals surface area (Å²) in [5, 5.41) is 0. The molecule has 1 aromatic heterocycles. The highest BCUT2D eigenvalue weighted by molar-refractivity contribution is 5.78. The van der Waals surface area contributed by atoms with Gasteiger partial charge in [-0.25, -0.2) is 4.98 Å². The molecule has 0 saturated carbocycles. The van der Waals surface area contributed by atoms with E-state index in [4.69, 9.17) is 9.47 Å². The van der Waals surface area contributed by atoms with Crippen LogP contribution < -0.4 is 4.74 Å². The van der Waals surface area contributed by atoms with E-state index in [9.17, 15) is 4.79 Å². The predicted octanol–water partition coefficient (Wildman–Crippen LogP) is 2.57. The third-order valence-corrected chi connectivity index (χ3v) is 3.99. The Morgan fingerprint density at radius 1 is 1.32 bits per heavy atom. The van der Waals surface area contributed by atoms with Gasteiger partial charge in [0.2, 0.25) is 5.91 Å². The van der Waals surface area contributed by atoms with Crippen LogP contribution in [-0.2, 0) is 22.6 Å². The quantitative estimate of drug-likeness (QED) is 0.701. The number of aromatic nitrogens is 2. The minimum absolute atomic E-state index is 0.0568. The fourth-order valence-electron chi connectivity index (χ4n) is 2.61. The zero-order valence-electron chi connectivity index (χ0n) is 15.4. The molecule has 25 heavy (non-hydrogen) atoms. The predicted molar refractivity (Wildman–Crippen MR) is 96.5 cm³/mol. The lowest BCUT2D eigenvalue weighted by Crippen LogP contribution is -2.37. The van der Waals surface area contributed by atoms with Crippen molar-refractivity contribution in [2.45, 2.75) is 26.9 Å². The molecule has 2 aromatic rings. The molecule has 1 heterocycles. The van der Waals surface area contributed by atoms with E-state index in [1.54, 1.807) is 25.3 Å². The molecule has 6 heteroatoms. The minimum atomic E-state index is -0.0568. The lowest BCUT2D eigenvalue weighted by Gasteiger charge is -2.24. The first-order valence-corrected chi connectivity index (χ1v) is 8.45. The van der Waals surface area contributed by atoms with E-state index >= 15 is 0 Å². The normalized spacial score (nSPS) is 10.9. The molecule has 0 bridgehead atoms. The van der Waals surface area contributed by atoms with Crippen molar-refractivity contribution < 1.29 is 14.3 Å². The summed E-state index contributed by atoms with van der Waals surface area (Å²) in [5.41, 5.74) is 1.12. The van der Waals surface area contributed by atoms with E-state index in [0.717, 1.165) is 17.1 Å². The molecule has 0 aliphatic carbocycles. The summed E-state index contributed by atoms with van der Waals surface area (Å²) in [5.74, 6) is 1.73. The molecule has 0 N–H and O–H groups in total. The van der Waals surface area contributed by atoms with Crippen LogP contribution in [0.15, 0.2) is 36.7 Å². The van der Waals surface area contributed by atoms with Gasteiger partial charge in [0.05, 0.1) is 20.3 Å². The number of carbonyl (C=O) groups excluding carboxylic acids is 1. The number of methoxy groups -OCH3 is 2. The Bertz CT molecular complexity index is 682. The van der Waals surface area contributed by atoms with Crippen LogP contribution in [0.3, 0.4) is 0 Å². The van der Waals surface area contributed by atoms with Crippen molar-refractivity contribution >= 4 is 5.91 Å². The highest BCUT2D eigenvalue weighted by Crippen LogP contribution is 2.15. The number of carbonyl (C=O) groups is 1. The third kappa shape index (κ3) is 5.32. The zero-order valence-corrected chi connectivity index (χ0v) is 15.4. The van der Waals surface area contributed by atoms with Crippen molar-refractivity contribution in [3.8, 4) is 5.75 Å². The molecule has 0 unspecified atom stereocenters. The van der Waals surface area contributed by atoms with Gasteiger partial charge in [0.25, 0.3) is 0 Å². The number of hydrogen-bond donors (Lipinski definition) is 0. The van der Waals surface area contributed by atoms with Crippen molar-refractivity contribution in [3.05, 3.63) is 48.0 Å². The van der Waals surface area contributed by atoms with Gasteiger partial charge < -0.3 is 18.9 Å². The van der Waals surface area contributed by atoms with Crippen molar-refractivity contribution in [3.63, 3.8) is 0 Å². The second-order valence-corrected chi connectivity index (χ2v) is 6.23. The van der Waals surface area contributed by atoms with E-state index in [1.165, 1.54) is 0 Å². The summed E-state index contributed by atoms with van der Waals surface area (Å²) < 4.78 is 12.5. The first kappa shape index (κ1) is 19.0. The van der Waals surface area contributed by atoms with Gasteiger partial charge in [0.15, 0.2) is 0 Å². The Kier molecular flexibility index (Phi) is 7.01. The van der Waals surface area contributed by atoms with Crippen molar-refractivity contribution in [1.82, 2.24) is 14.5 Å². The molecule has 0 saturated heterocycles.